The van der Waals surface area contributed by atoms with Crippen LogP contribution in [0.4, 0.5) is 0 Å². The molecule has 1 fully saturated rings. The Morgan fingerprint density at radius 3 is 2.88 bits per heavy atom. The van der Waals surface area contributed by atoms with Crippen LogP contribution >= 0.6 is 11.7 Å². The van der Waals surface area contributed by atoms with Crippen LogP contribution in [0.5, 0.6) is 0 Å². The lowest BCUT2D eigenvalue weighted by atomic mass is 10.2. The number of methoxy groups -OCH3 is 2. The topological polar surface area (TPSA) is 111 Å². The fourth-order valence-electron chi connectivity index (χ4n) is 2.97. The number of sulfonamides is 1. The Morgan fingerprint density at radius 2 is 2.15 bits per heavy atom. The van der Waals surface area contributed by atoms with Gasteiger partial charge in [0.1, 0.15) is 22.0 Å². The number of ether oxygens (including phenoxy) is 2. The summed E-state index contributed by atoms with van der Waals surface area (Å²) in [6, 6.07) is 4.07. The molecule has 142 valence electrons. The van der Waals surface area contributed by atoms with Crippen LogP contribution in [-0.4, -0.2) is 67.0 Å². The molecule has 26 heavy (non-hydrogen) atoms. The third-order valence-electron chi connectivity index (χ3n) is 4.31. The second-order valence-corrected chi connectivity index (χ2v) is 8.20. The highest BCUT2D eigenvalue weighted by atomic mass is 32.2. The highest BCUT2D eigenvalue weighted by molar-refractivity contribution is 7.89. The Labute approximate surface area is 155 Å². The molecule has 1 amide bonds. The van der Waals surface area contributed by atoms with Crippen LogP contribution in [-0.2, 0) is 24.3 Å². The van der Waals surface area contributed by atoms with Crippen LogP contribution in [0.2, 0.25) is 0 Å². The van der Waals surface area contributed by atoms with E-state index in [2.05, 4.69) is 14.1 Å². The predicted octanol–water partition coefficient (Wildman–Crippen LogP) is 0.579. The maximum atomic E-state index is 13.1. The molecule has 1 aliphatic heterocycles. The van der Waals surface area contributed by atoms with Crippen LogP contribution in [0, 0.1) is 0 Å². The fraction of sp³-hybridized carbons (Fsp3) is 0.533. The van der Waals surface area contributed by atoms with Gasteiger partial charge in [0.05, 0.1) is 18.3 Å². The fourth-order valence-corrected chi connectivity index (χ4v) is 5.38. The number of rotatable bonds is 7. The molecule has 1 saturated heterocycles. The molecule has 0 spiro atoms. The lowest BCUT2D eigenvalue weighted by Gasteiger charge is -2.24. The molecule has 0 unspecified atom stereocenters. The second kappa shape index (κ2) is 7.92. The number of hydrogen-bond acceptors (Lipinski definition) is 8. The van der Waals surface area contributed by atoms with E-state index in [0.717, 1.165) is 11.7 Å². The van der Waals surface area contributed by atoms with E-state index in [1.54, 1.807) is 12.1 Å². The van der Waals surface area contributed by atoms with Crippen molar-refractivity contribution < 1.29 is 22.7 Å². The van der Waals surface area contributed by atoms with Crippen molar-refractivity contribution in [3.63, 3.8) is 0 Å². The summed E-state index contributed by atoms with van der Waals surface area (Å²) in [5.74, 6) is -0.367. The quantitative estimate of drug-likeness (QED) is 0.677. The van der Waals surface area contributed by atoms with Gasteiger partial charge in [-0.3, -0.25) is 4.79 Å². The summed E-state index contributed by atoms with van der Waals surface area (Å²) in [4.78, 5) is 12.6. The molecule has 1 aromatic carbocycles. The van der Waals surface area contributed by atoms with Crippen molar-refractivity contribution in [2.75, 3.05) is 27.3 Å². The molecule has 11 heteroatoms. The summed E-state index contributed by atoms with van der Waals surface area (Å²) in [6.45, 7) is 0.425. The van der Waals surface area contributed by atoms with E-state index in [-0.39, 0.29) is 23.9 Å². The zero-order valence-corrected chi connectivity index (χ0v) is 16.0. The molecule has 0 bridgehead atoms. The number of hydrogen-bond donors (Lipinski definition) is 1. The Kier molecular flexibility index (Phi) is 5.82. The molecule has 0 radical (unpaired) electrons. The van der Waals surface area contributed by atoms with Gasteiger partial charge in [-0.2, -0.15) is 13.1 Å². The summed E-state index contributed by atoms with van der Waals surface area (Å²) in [5.41, 5.74) is 0.863. The molecule has 0 aliphatic carbocycles. The molecule has 2 aromatic rings. The second-order valence-electron chi connectivity index (χ2n) is 5.81. The molecule has 9 nitrogen and oxygen atoms in total. The molecule has 0 saturated carbocycles. The zero-order chi connectivity index (χ0) is 18.7. The summed E-state index contributed by atoms with van der Waals surface area (Å²) >= 11 is 0.959. The Morgan fingerprint density at radius 1 is 1.38 bits per heavy atom. The third-order valence-corrected chi connectivity index (χ3v) is 6.79. The van der Waals surface area contributed by atoms with Gasteiger partial charge in [-0.25, -0.2) is 8.42 Å². The number of benzene rings is 1. The van der Waals surface area contributed by atoms with Crippen LogP contribution < -0.4 is 5.32 Å². The van der Waals surface area contributed by atoms with Crippen LogP contribution in [0.3, 0.4) is 0 Å². The monoisotopic (exact) mass is 400 g/mol. The maximum absolute atomic E-state index is 13.1. The highest BCUT2D eigenvalue weighted by Gasteiger charge is 2.40. The molecule has 1 atom stereocenters. The number of fused-ring (bicyclic) bond motifs is 1. The van der Waals surface area contributed by atoms with E-state index < -0.39 is 22.4 Å². The molecule has 1 N–H and O–H groups in total. The normalized spacial score (nSPS) is 18.7. The van der Waals surface area contributed by atoms with Gasteiger partial charge in [0.15, 0.2) is 6.29 Å². The van der Waals surface area contributed by atoms with Crippen molar-refractivity contribution in [1.29, 1.82) is 0 Å². The molecular formula is C15H20N4O5S2. The van der Waals surface area contributed by atoms with Crippen molar-refractivity contribution in [1.82, 2.24) is 18.4 Å². The average molecular weight is 400 g/mol. The number of nitrogens with one attached hydrogen (secondary N) is 1. The molecule has 3 rings (SSSR count). The third kappa shape index (κ3) is 3.58. The van der Waals surface area contributed by atoms with Gasteiger partial charge in [0.2, 0.25) is 15.9 Å². The molecule has 1 aliphatic rings. The van der Waals surface area contributed by atoms with Gasteiger partial charge in [-0.15, -0.1) is 0 Å². The van der Waals surface area contributed by atoms with Gasteiger partial charge in [-0.1, -0.05) is 6.07 Å². The largest absolute Gasteiger partial charge is 0.354 e. The van der Waals surface area contributed by atoms with Crippen molar-refractivity contribution in [2.45, 2.75) is 30.1 Å². The Bertz CT molecular complexity index is 881. The van der Waals surface area contributed by atoms with Gasteiger partial charge in [0.25, 0.3) is 0 Å². The minimum absolute atomic E-state index is 0.0788. The summed E-state index contributed by atoms with van der Waals surface area (Å²) in [6.07, 6.45) is 0.488. The predicted molar refractivity (Wildman–Crippen MR) is 95.1 cm³/mol. The first-order chi connectivity index (χ1) is 12.5. The van der Waals surface area contributed by atoms with Crippen molar-refractivity contribution in [2.24, 2.45) is 0 Å². The zero-order valence-electron chi connectivity index (χ0n) is 14.4. The number of nitrogens with zero attached hydrogens (tertiary/aromatic N) is 3. The summed E-state index contributed by atoms with van der Waals surface area (Å²) in [5, 5.41) is 2.69. The van der Waals surface area contributed by atoms with Gasteiger partial charge in [0, 0.05) is 20.8 Å². The van der Waals surface area contributed by atoms with Gasteiger partial charge in [-0.05, 0) is 25.0 Å². The summed E-state index contributed by atoms with van der Waals surface area (Å²) in [7, 11) is -0.930. The van der Waals surface area contributed by atoms with E-state index in [4.69, 9.17) is 9.47 Å². The maximum Gasteiger partial charge on any atom is 0.246 e. The highest BCUT2D eigenvalue weighted by Crippen LogP contribution is 2.29. The first-order valence-corrected chi connectivity index (χ1v) is 10.2. The van der Waals surface area contributed by atoms with E-state index in [0.29, 0.717) is 23.9 Å². The van der Waals surface area contributed by atoms with Gasteiger partial charge >= 0.3 is 0 Å². The Balaban J connectivity index is 1.83. The summed E-state index contributed by atoms with van der Waals surface area (Å²) < 4.78 is 45.8. The van der Waals surface area contributed by atoms with E-state index in [1.165, 1.54) is 24.6 Å². The van der Waals surface area contributed by atoms with Gasteiger partial charge < -0.3 is 14.8 Å². The lowest BCUT2D eigenvalue weighted by molar-refractivity contribution is -0.130. The number of carbonyl (C=O) groups excluding carboxylic acids is 1. The molecular weight excluding hydrogens is 380 g/mol. The van der Waals surface area contributed by atoms with Crippen LogP contribution in [0.1, 0.15) is 12.8 Å². The minimum Gasteiger partial charge on any atom is -0.354 e. The van der Waals surface area contributed by atoms with E-state index >= 15 is 0 Å². The average Bonchev–Trinajstić information content (AvgIpc) is 3.31. The first-order valence-electron chi connectivity index (χ1n) is 8.05. The van der Waals surface area contributed by atoms with Crippen LogP contribution in [0.15, 0.2) is 23.1 Å². The van der Waals surface area contributed by atoms with E-state index in [1.807, 2.05) is 0 Å². The smallest absolute Gasteiger partial charge is 0.246 e. The van der Waals surface area contributed by atoms with Crippen LogP contribution in [0.25, 0.3) is 11.0 Å². The Hall–Kier alpha value is -1.66. The molecule has 2 heterocycles. The standard InChI is InChI=1S/C15H20N4O5S2/c1-23-13(24-2)9-16-15(20)11-6-4-8-19(11)26(21,22)12-7-3-5-10-14(12)18-25-17-10/h3,5,7,11,13H,4,6,8-9H2,1-2H3,(H,16,20)/t11-/m0/s1. The number of amides is 1. The van der Waals surface area contributed by atoms with Crippen molar-refractivity contribution >= 4 is 38.7 Å². The lowest BCUT2D eigenvalue weighted by Crippen LogP contribution is -2.47. The number of aromatic nitrogens is 2. The minimum atomic E-state index is -3.86. The van der Waals surface area contributed by atoms with Crippen molar-refractivity contribution in [3.8, 4) is 0 Å². The number of carbonyl (C=O) groups is 1. The van der Waals surface area contributed by atoms with Crippen molar-refractivity contribution in [3.05, 3.63) is 18.2 Å². The first kappa shape index (κ1) is 19.1. The van der Waals surface area contributed by atoms with E-state index in [9.17, 15) is 13.2 Å². The SMILES string of the molecule is COC(CNC(=O)[C@@H]1CCCN1S(=O)(=O)c1cccc2nsnc12)OC. The molecule has 1 aromatic heterocycles.